The number of amides is 1. The van der Waals surface area contributed by atoms with Gasteiger partial charge in [-0.25, -0.2) is 0 Å². The minimum Gasteiger partial charge on any atom is -0.348 e. The zero-order valence-corrected chi connectivity index (χ0v) is 11.9. The average molecular weight is 254 g/mol. The summed E-state index contributed by atoms with van der Waals surface area (Å²) in [6.45, 7) is 8.20. The second-order valence-corrected chi connectivity index (χ2v) is 5.95. The summed E-state index contributed by atoms with van der Waals surface area (Å²) >= 11 is 1.76. The zero-order chi connectivity index (χ0) is 13.0. The molecule has 1 aromatic rings. The van der Waals surface area contributed by atoms with Crippen LogP contribution in [0.25, 0.3) is 0 Å². The lowest BCUT2D eigenvalue weighted by Crippen LogP contribution is -2.41. The van der Waals surface area contributed by atoms with E-state index in [4.69, 9.17) is 5.73 Å². The standard InChI is InChI=1S/C13H22N2OS/c1-5-6-12(14)13(16)15-9(3)11-7-8(2)17-10(11)4/h7,9,12H,5-6,14H2,1-4H3,(H,15,16)/t9-,12+/m1/s1. The van der Waals surface area contributed by atoms with E-state index >= 15 is 0 Å². The third kappa shape index (κ3) is 3.82. The van der Waals surface area contributed by atoms with E-state index in [9.17, 15) is 4.79 Å². The molecule has 0 aromatic carbocycles. The molecule has 3 nitrogen and oxygen atoms in total. The maximum Gasteiger partial charge on any atom is 0.237 e. The summed E-state index contributed by atoms with van der Waals surface area (Å²) in [5.41, 5.74) is 6.99. The molecule has 0 fully saturated rings. The molecule has 0 aliphatic heterocycles. The number of hydrogen-bond acceptors (Lipinski definition) is 3. The molecule has 1 amide bonds. The molecule has 96 valence electrons. The van der Waals surface area contributed by atoms with E-state index in [1.165, 1.54) is 15.3 Å². The first-order valence-corrected chi connectivity index (χ1v) is 6.90. The van der Waals surface area contributed by atoms with Crippen molar-refractivity contribution in [1.82, 2.24) is 5.32 Å². The Morgan fingerprint density at radius 3 is 2.65 bits per heavy atom. The smallest absolute Gasteiger partial charge is 0.237 e. The molecule has 0 aliphatic rings. The summed E-state index contributed by atoms with van der Waals surface area (Å²) in [5.74, 6) is -0.0531. The second-order valence-electron chi connectivity index (χ2n) is 4.49. The van der Waals surface area contributed by atoms with Gasteiger partial charge in [0.15, 0.2) is 0 Å². The number of carbonyl (C=O) groups excluding carboxylic acids is 1. The SMILES string of the molecule is CCC[C@H](N)C(=O)N[C@H](C)c1cc(C)sc1C. The van der Waals surface area contributed by atoms with E-state index in [0.717, 1.165) is 12.8 Å². The van der Waals surface area contributed by atoms with Crippen LogP contribution in [-0.4, -0.2) is 11.9 Å². The molecule has 1 heterocycles. The monoisotopic (exact) mass is 254 g/mol. The lowest BCUT2D eigenvalue weighted by Gasteiger charge is -2.17. The van der Waals surface area contributed by atoms with E-state index in [1.807, 2.05) is 13.8 Å². The Morgan fingerprint density at radius 2 is 2.18 bits per heavy atom. The highest BCUT2D eigenvalue weighted by Gasteiger charge is 2.17. The Hall–Kier alpha value is -0.870. The normalized spacial score (nSPS) is 14.4. The molecular formula is C13H22N2OS. The molecule has 0 bridgehead atoms. The minimum atomic E-state index is -0.387. The van der Waals surface area contributed by atoms with E-state index in [0.29, 0.717) is 0 Å². The first kappa shape index (κ1) is 14.2. The first-order chi connectivity index (χ1) is 7.95. The number of hydrogen-bond donors (Lipinski definition) is 2. The van der Waals surface area contributed by atoms with Crippen LogP contribution in [0.2, 0.25) is 0 Å². The summed E-state index contributed by atoms with van der Waals surface area (Å²) in [4.78, 5) is 14.3. The van der Waals surface area contributed by atoms with Crippen molar-refractivity contribution in [2.24, 2.45) is 5.73 Å². The number of carbonyl (C=O) groups is 1. The van der Waals surface area contributed by atoms with Gasteiger partial charge in [0.2, 0.25) is 5.91 Å². The van der Waals surface area contributed by atoms with Crippen LogP contribution in [0.3, 0.4) is 0 Å². The summed E-state index contributed by atoms with van der Waals surface area (Å²) < 4.78 is 0. The van der Waals surface area contributed by atoms with Crippen LogP contribution >= 0.6 is 11.3 Å². The molecule has 2 atom stereocenters. The average Bonchev–Trinajstić information content (AvgIpc) is 2.58. The lowest BCUT2D eigenvalue weighted by molar-refractivity contribution is -0.123. The second kappa shape index (κ2) is 6.17. The topological polar surface area (TPSA) is 55.1 Å². The predicted molar refractivity (Wildman–Crippen MR) is 73.2 cm³/mol. The molecule has 0 radical (unpaired) electrons. The van der Waals surface area contributed by atoms with Crippen molar-refractivity contribution in [2.75, 3.05) is 0 Å². The molecular weight excluding hydrogens is 232 g/mol. The Labute approximate surface area is 107 Å². The maximum atomic E-state index is 11.8. The molecule has 1 rings (SSSR count). The Bertz CT molecular complexity index is 387. The van der Waals surface area contributed by atoms with Gasteiger partial charge in [-0.3, -0.25) is 4.79 Å². The fraction of sp³-hybridized carbons (Fsp3) is 0.615. The third-order valence-electron chi connectivity index (χ3n) is 2.84. The Kier molecular flexibility index (Phi) is 5.15. The summed E-state index contributed by atoms with van der Waals surface area (Å²) in [5, 5.41) is 2.98. The molecule has 0 aliphatic carbocycles. The summed E-state index contributed by atoms with van der Waals surface area (Å²) in [6.07, 6.45) is 1.67. The van der Waals surface area contributed by atoms with Gasteiger partial charge in [0.25, 0.3) is 0 Å². The van der Waals surface area contributed by atoms with E-state index in [2.05, 4.69) is 25.2 Å². The Balaban J connectivity index is 2.63. The van der Waals surface area contributed by atoms with Crippen molar-refractivity contribution in [3.8, 4) is 0 Å². The number of nitrogens with one attached hydrogen (secondary N) is 1. The van der Waals surface area contributed by atoms with E-state index in [1.54, 1.807) is 11.3 Å². The van der Waals surface area contributed by atoms with Gasteiger partial charge in [-0.1, -0.05) is 13.3 Å². The van der Waals surface area contributed by atoms with Gasteiger partial charge < -0.3 is 11.1 Å². The van der Waals surface area contributed by atoms with Crippen molar-refractivity contribution in [1.29, 1.82) is 0 Å². The molecule has 17 heavy (non-hydrogen) atoms. The number of thiophene rings is 1. The predicted octanol–water partition coefficient (Wildman–Crippen LogP) is 2.67. The summed E-state index contributed by atoms with van der Waals surface area (Å²) in [7, 11) is 0. The largest absolute Gasteiger partial charge is 0.348 e. The maximum absolute atomic E-state index is 11.8. The molecule has 0 saturated carbocycles. The van der Waals surface area contributed by atoms with Gasteiger partial charge >= 0.3 is 0 Å². The van der Waals surface area contributed by atoms with Gasteiger partial charge in [-0.05, 0) is 38.8 Å². The van der Waals surface area contributed by atoms with Gasteiger partial charge in [0.05, 0.1) is 12.1 Å². The molecule has 0 spiro atoms. The van der Waals surface area contributed by atoms with Crippen LogP contribution in [0.5, 0.6) is 0 Å². The fourth-order valence-electron chi connectivity index (χ4n) is 1.92. The highest BCUT2D eigenvalue weighted by atomic mass is 32.1. The van der Waals surface area contributed by atoms with Crippen LogP contribution in [0.4, 0.5) is 0 Å². The lowest BCUT2D eigenvalue weighted by atomic mass is 10.1. The van der Waals surface area contributed by atoms with Crippen LogP contribution in [0.1, 0.15) is 48.0 Å². The van der Waals surface area contributed by atoms with Crippen LogP contribution in [0, 0.1) is 13.8 Å². The molecule has 0 unspecified atom stereocenters. The van der Waals surface area contributed by atoms with Gasteiger partial charge in [0.1, 0.15) is 0 Å². The molecule has 4 heteroatoms. The van der Waals surface area contributed by atoms with Crippen LogP contribution in [-0.2, 0) is 4.79 Å². The van der Waals surface area contributed by atoms with E-state index in [-0.39, 0.29) is 18.0 Å². The Morgan fingerprint density at radius 1 is 1.53 bits per heavy atom. The molecule has 1 aromatic heterocycles. The van der Waals surface area contributed by atoms with Crippen molar-refractivity contribution < 1.29 is 4.79 Å². The third-order valence-corrected chi connectivity index (χ3v) is 3.82. The highest BCUT2D eigenvalue weighted by molar-refractivity contribution is 7.12. The minimum absolute atomic E-state index is 0.0374. The molecule has 3 N–H and O–H groups in total. The number of nitrogens with two attached hydrogens (primary N) is 1. The summed E-state index contributed by atoms with van der Waals surface area (Å²) in [6, 6.07) is 1.79. The first-order valence-electron chi connectivity index (χ1n) is 6.08. The van der Waals surface area contributed by atoms with Gasteiger partial charge in [-0.15, -0.1) is 11.3 Å². The van der Waals surface area contributed by atoms with Gasteiger partial charge in [-0.2, -0.15) is 0 Å². The van der Waals surface area contributed by atoms with E-state index < -0.39 is 0 Å². The van der Waals surface area contributed by atoms with Crippen LogP contribution < -0.4 is 11.1 Å². The van der Waals surface area contributed by atoms with Crippen LogP contribution in [0.15, 0.2) is 6.07 Å². The van der Waals surface area contributed by atoms with Crippen molar-refractivity contribution in [3.63, 3.8) is 0 Å². The molecule has 0 saturated heterocycles. The fourth-order valence-corrected chi connectivity index (χ4v) is 2.94. The van der Waals surface area contributed by atoms with Crippen molar-refractivity contribution >= 4 is 17.2 Å². The zero-order valence-electron chi connectivity index (χ0n) is 11.0. The van der Waals surface area contributed by atoms with Crippen molar-refractivity contribution in [3.05, 3.63) is 21.4 Å². The quantitative estimate of drug-likeness (QED) is 0.848. The number of rotatable bonds is 5. The highest BCUT2D eigenvalue weighted by Crippen LogP contribution is 2.26. The van der Waals surface area contributed by atoms with Crippen molar-refractivity contribution in [2.45, 2.75) is 52.6 Å². The number of aryl methyl sites for hydroxylation is 2. The van der Waals surface area contributed by atoms with Gasteiger partial charge in [0, 0.05) is 9.75 Å².